The summed E-state index contributed by atoms with van der Waals surface area (Å²) in [6, 6.07) is 11.1. The third-order valence-electron chi connectivity index (χ3n) is 2.98. The van der Waals surface area contributed by atoms with Gasteiger partial charge in [0, 0.05) is 35.5 Å². The van der Waals surface area contributed by atoms with Crippen molar-refractivity contribution in [1.29, 1.82) is 0 Å². The van der Waals surface area contributed by atoms with E-state index in [4.69, 9.17) is 11.6 Å². The van der Waals surface area contributed by atoms with E-state index in [9.17, 15) is 4.79 Å². The molecule has 0 aliphatic heterocycles. The molecule has 1 aromatic heterocycles. The Bertz CT molecular complexity index is 826. The second kappa shape index (κ2) is 5.60. The monoisotopic (exact) mass is 428 g/mol. The fourth-order valence-corrected chi connectivity index (χ4v) is 4.02. The largest absolute Gasteiger partial charge is 0.289 e. The molecule has 0 N–H and O–H groups in total. The van der Waals surface area contributed by atoms with E-state index in [2.05, 4.69) is 31.9 Å². The molecule has 3 rings (SSSR count). The molecule has 1 heterocycles. The second-order valence-electron chi connectivity index (χ2n) is 4.22. The summed E-state index contributed by atoms with van der Waals surface area (Å²) in [5.41, 5.74) is 1.31. The van der Waals surface area contributed by atoms with Crippen LogP contribution in [0.15, 0.2) is 50.7 Å². The van der Waals surface area contributed by atoms with Gasteiger partial charge in [-0.05, 0) is 56.1 Å². The Labute approximate surface area is 141 Å². The Morgan fingerprint density at radius 1 is 1.10 bits per heavy atom. The number of fused-ring (bicyclic) bond motifs is 1. The number of rotatable bonds is 2. The molecule has 0 aliphatic rings. The number of ketones is 1. The van der Waals surface area contributed by atoms with Crippen LogP contribution in [-0.2, 0) is 0 Å². The first-order valence-corrected chi connectivity index (χ1v) is 8.58. The van der Waals surface area contributed by atoms with Gasteiger partial charge in [0.1, 0.15) is 0 Å². The average Bonchev–Trinajstić information content (AvgIpc) is 2.86. The van der Waals surface area contributed by atoms with Crippen molar-refractivity contribution < 1.29 is 4.79 Å². The van der Waals surface area contributed by atoms with E-state index in [0.29, 0.717) is 16.1 Å². The SMILES string of the molecule is O=C(c1ccc(Br)c(Cl)c1)c1csc2c(Br)cccc12. The highest BCUT2D eigenvalue weighted by atomic mass is 79.9. The van der Waals surface area contributed by atoms with Gasteiger partial charge in [-0.3, -0.25) is 4.79 Å². The zero-order chi connectivity index (χ0) is 14.3. The number of hydrogen-bond donors (Lipinski definition) is 0. The number of carbonyl (C=O) groups excluding carboxylic acids is 1. The maximum atomic E-state index is 12.6. The standard InChI is InChI=1S/C15H7Br2ClOS/c16-11-5-4-8(6-13(11)18)14(19)10-7-20-15-9(10)2-1-3-12(15)17/h1-7H. The van der Waals surface area contributed by atoms with Crippen molar-refractivity contribution in [2.24, 2.45) is 0 Å². The number of hydrogen-bond acceptors (Lipinski definition) is 2. The van der Waals surface area contributed by atoms with E-state index in [1.165, 1.54) is 0 Å². The summed E-state index contributed by atoms with van der Waals surface area (Å²) < 4.78 is 2.88. The summed E-state index contributed by atoms with van der Waals surface area (Å²) in [6.07, 6.45) is 0. The normalized spacial score (nSPS) is 10.9. The number of carbonyl (C=O) groups is 1. The van der Waals surface area contributed by atoms with Crippen LogP contribution in [0, 0.1) is 0 Å². The topological polar surface area (TPSA) is 17.1 Å². The first-order valence-electron chi connectivity index (χ1n) is 5.73. The van der Waals surface area contributed by atoms with Crippen LogP contribution in [0.3, 0.4) is 0 Å². The van der Waals surface area contributed by atoms with Gasteiger partial charge in [-0.1, -0.05) is 23.7 Å². The maximum Gasteiger partial charge on any atom is 0.194 e. The van der Waals surface area contributed by atoms with Gasteiger partial charge in [0.05, 0.1) is 5.02 Å². The Morgan fingerprint density at radius 3 is 2.65 bits per heavy atom. The van der Waals surface area contributed by atoms with Crippen LogP contribution >= 0.6 is 54.8 Å². The summed E-state index contributed by atoms with van der Waals surface area (Å²) in [6.45, 7) is 0. The molecule has 0 atom stereocenters. The minimum atomic E-state index is -0.0104. The lowest BCUT2D eigenvalue weighted by molar-refractivity contribution is 0.104. The molecule has 2 aromatic carbocycles. The summed E-state index contributed by atoms with van der Waals surface area (Å²) in [7, 11) is 0. The summed E-state index contributed by atoms with van der Waals surface area (Å²) in [5.74, 6) is -0.0104. The summed E-state index contributed by atoms with van der Waals surface area (Å²) in [5, 5.41) is 3.40. The van der Waals surface area contributed by atoms with Gasteiger partial charge < -0.3 is 0 Å². The third kappa shape index (κ3) is 2.46. The molecule has 0 amide bonds. The molecule has 100 valence electrons. The average molecular weight is 431 g/mol. The highest BCUT2D eigenvalue weighted by molar-refractivity contribution is 9.11. The van der Waals surface area contributed by atoms with Crippen LogP contribution < -0.4 is 0 Å². The number of halogens is 3. The summed E-state index contributed by atoms with van der Waals surface area (Å²) in [4.78, 5) is 12.6. The predicted molar refractivity (Wildman–Crippen MR) is 92.1 cm³/mol. The molecule has 1 nitrogen and oxygen atoms in total. The van der Waals surface area contributed by atoms with Gasteiger partial charge in [0.15, 0.2) is 5.78 Å². The van der Waals surface area contributed by atoms with Crippen molar-refractivity contribution in [3.63, 3.8) is 0 Å². The van der Waals surface area contributed by atoms with E-state index in [-0.39, 0.29) is 5.78 Å². The lowest BCUT2D eigenvalue weighted by Gasteiger charge is -2.02. The van der Waals surface area contributed by atoms with Crippen molar-refractivity contribution >= 4 is 70.7 Å². The Balaban J connectivity index is 2.13. The van der Waals surface area contributed by atoms with E-state index in [1.54, 1.807) is 29.5 Å². The van der Waals surface area contributed by atoms with Gasteiger partial charge in [-0.2, -0.15) is 0 Å². The zero-order valence-electron chi connectivity index (χ0n) is 9.99. The lowest BCUT2D eigenvalue weighted by Crippen LogP contribution is -2.00. The molecule has 0 aliphatic carbocycles. The fraction of sp³-hybridized carbons (Fsp3) is 0. The molecule has 0 unspecified atom stereocenters. The zero-order valence-corrected chi connectivity index (χ0v) is 14.7. The molecular weight excluding hydrogens is 423 g/mol. The van der Waals surface area contributed by atoms with Gasteiger partial charge in [0.25, 0.3) is 0 Å². The van der Waals surface area contributed by atoms with Gasteiger partial charge in [-0.25, -0.2) is 0 Å². The minimum Gasteiger partial charge on any atom is -0.289 e. The van der Waals surface area contributed by atoms with Crippen LogP contribution in [0.4, 0.5) is 0 Å². The summed E-state index contributed by atoms with van der Waals surface area (Å²) >= 11 is 14.5. The minimum absolute atomic E-state index is 0.0104. The first-order chi connectivity index (χ1) is 9.58. The van der Waals surface area contributed by atoms with Crippen LogP contribution in [0.25, 0.3) is 10.1 Å². The molecule has 20 heavy (non-hydrogen) atoms. The van der Waals surface area contributed by atoms with Crippen LogP contribution in [0.5, 0.6) is 0 Å². The molecule has 0 saturated carbocycles. The molecule has 0 spiro atoms. The van der Waals surface area contributed by atoms with Crippen molar-refractivity contribution in [2.75, 3.05) is 0 Å². The Kier molecular flexibility index (Phi) is 4.00. The third-order valence-corrected chi connectivity index (χ3v) is 6.16. The molecule has 0 bridgehead atoms. The van der Waals surface area contributed by atoms with E-state index < -0.39 is 0 Å². The van der Waals surface area contributed by atoms with Crippen molar-refractivity contribution in [1.82, 2.24) is 0 Å². The molecule has 0 radical (unpaired) electrons. The highest BCUT2D eigenvalue weighted by Crippen LogP contribution is 2.34. The molecular formula is C15H7Br2ClOS. The molecule has 0 saturated heterocycles. The fourth-order valence-electron chi connectivity index (χ4n) is 1.99. The lowest BCUT2D eigenvalue weighted by atomic mass is 10.0. The van der Waals surface area contributed by atoms with E-state index in [0.717, 1.165) is 19.0 Å². The van der Waals surface area contributed by atoms with Crippen LogP contribution in [0.1, 0.15) is 15.9 Å². The predicted octanol–water partition coefficient (Wildman–Crippen LogP) is 6.31. The number of thiophene rings is 1. The Morgan fingerprint density at radius 2 is 1.90 bits per heavy atom. The van der Waals surface area contributed by atoms with Gasteiger partial charge >= 0.3 is 0 Å². The maximum absolute atomic E-state index is 12.6. The van der Waals surface area contributed by atoms with E-state index in [1.807, 2.05) is 23.6 Å². The smallest absolute Gasteiger partial charge is 0.194 e. The first kappa shape index (κ1) is 14.3. The van der Waals surface area contributed by atoms with Crippen LogP contribution in [0.2, 0.25) is 5.02 Å². The second-order valence-corrected chi connectivity index (χ2v) is 7.22. The Hall–Kier alpha value is -0.680. The van der Waals surface area contributed by atoms with Crippen molar-refractivity contribution in [3.8, 4) is 0 Å². The molecule has 0 fully saturated rings. The molecule has 5 heteroatoms. The van der Waals surface area contributed by atoms with Gasteiger partial charge in [0.2, 0.25) is 0 Å². The quantitative estimate of drug-likeness (QED) is 0.436. The highest BCUT2D eigenvalue weighted by Gasteiger charge is 2.16. The van der Waals surface area contributed by atoms with Crippen molar-refractivity contribution in [2.45, 2.75) is 0 Å². The van der Waals surface area contributed by atoms with Crippen molar-refractivity contribution in [3.05, 3.63) is 66.9 Å². The van der Waals surface area contributed by atoms with Crippen LogP contribution in [-0.4, -0.2) is 5.78 Å². The van der Waals surface area contributed by atoms with Gasteiger partial charge in [-0.15, -0.1) is 11.3 Å². The van der Waals surface area contributed by atoms with E-state index >= 15 is 0 Å². The number of benzene rings is 2. The molecule has 3 aromatic rings.